The van der Waals surface area contributed by atoms with Crippen molar-refractivity contribution in [3.63, 3.8) is 0 Å². The van der Waals surface area contributed by atoms with Gasteiger partial charge in [-0.05, 0) is 23.2 Å². The van der Waals surface area contributed by atoms with E-state index in [1.165, 1.54) is 0 Å². The van der Waals surface area contributed by atoms with E-state index in [9.17, 15) is 0 Å². The van der Waals surface area contributed by atoms with Crippen LogP contribution in [0.5, 0.6) is 0 Å². The normalized spacial score (nSPS) is 15.2. The summed E-state index contributed by atoms with van der Waals surface area (Å²) in [6.45, 7) is 0.907. The Morgan fingerprint density at radius 2 is 2.13 bits per heavy atom. The largest absolute Gasteiger partial charge is 0.379 e. The first-order chi connectivity index (χ1) is 7.36. The summed E-state index contributed by atoms with van der Waals surface area (Å²) in [5.41, 5.74) is 6.10. The van der Waals surface area contributed by atoms with Crippen LogP contribution in [-0.2, 0) is 13.0 Å². The molecular weight excluding hydrogens is 196 g/mol. The van der Waals surface area contributed by atoms with Crippen molar-refractivity contribution in [1.29, 1.82) is 0 Å². The summed E-state index contributed by atoms with van der Waals surface area (Å²) in [6.07, 6.45) is 3.24. The fourth-order valence-electron chi connectivity index (χ4n) is 1.83. The van der Waals surface area contributed by atoms with Crippen LogP contribution in [0.1, 0.15) is 18.7 Å². The summed E-state index contributed by atoms with van der Waals surface area (Å²) >= 11 is 0. The molecule has 0 bridgehead atoms. The lowest BCUT2D eigenvalue weighted by Gasteiger charge is -2.13. The molecule has 3 heterocycles. The Hall–Kier alpha value is -1.92. The molecule has 0 spiro atoms. The molecule has 0 aromatic carbocycles. The lowest BCUT2D eigenvalue weighted by Crippen LogP contribution is -2.11. The molecule has 1 aliphatic rings. The molecular formula is C8H10N6O. The monoisotopic (exact) mass is 206 g/mol. The number of anilines is 1. The molecule has 2 aromatic heterocycles. The summed E-state index contributed by atoms with van der Waals surface area (Å²) < 4.78 is 6.58. The summed E-state index contributed by atoms with van der Waals surface area (Å²) in [4.78, 5) is 0. The Morgan fingerprint density at radius 3 is 2.93 bits per heavy atom. The second-order valence-electron chi connectivity index (χ2n) is 3.55. The van der Waals surface area contributed by atoms with Crippen LogP contribution < -0.4 is 5.73 Å². The van der Waals surface area contributed by atoms with Gasteiger partial charge in [-0.1, -0.05) is 0 Å². The molecule has 0 fully saturated rings. The van der Waals surface area contributed by atoms with Crippen molar-refractivity contribution in [3.05, 3.63) is 5.82 Å². The molecule has 3 rings (SSSR count). The highest BCUT2D eigenvalue weighted by atomic mass is 16.6. The molecule has 0 atom stereocenters. The highest BCUT2D eigenvalue weighted by molar-refractivity contribution is 5.62. The molecule has 15 heavy (non-hydrogen) atoms. The Balaban J connectivity index is 2.13. The fraction of sp³-hybridized carbons (Fsp3) is 0.500. The maximum Gasteiger partial charge on any atom is 0.199 e. The minimum atomic E-state index is 0.260. The van der Waals surface area contributed by atoms with E-state index < -0.39 is 0 Å². The second-order valence-corrected chi connectivity index (χ2v) is 3.55. The number of aromatic nitrogens is 5. The van der Waals surface area contributed by atoms with Crippen LogP contribution >= 0.6 is 0 Å². The van der Waals surface area contributed by atoms with Gasteiger partial charge in [-0.15, -0.1) is 10.2 Å². The second kappa shape index (κ2) is 3.04. The van der Waals surface area contributed by atoms with Gasteiger partial charge < -0.3 is 10.3 Å². The topological polar surface area (TPSA) is 95.7 Å². The van der Waals surface area contributed by atoms with Gasteiger partial charge in [0, 0.05) is 13.0 Å². The molecule has 2 aromatic rings. The molecule has 0 saturated carbocycles. The highest BCUT2D eigenvalue weighted by Crippen LogP contribution is 2.24. The zero-order valence-electron chi connectivity index (χ0n) is 8.05. The zero-order chi connectivity index (χ0) is 10.3. The molecule has 0 aliphatic carbocycles. The Labute approximate surface area is 85.2 Å². The zero-order valence-corrected chi connectivity index (χ0v) is 8.05. The van der Waals surface area contributed by atoms with E-state index in [0.717, 1.165) is 31.6 Å². The van der Waals surface area contributed by atoms with E-state index in [-0.39, 0.29) is 5.82 Å². The number of nitrogens with zero attached hydrogens (tertiary/aromatic N) is 5. The summed E-state index contributed by atoms with van der Waals surface area (Å²) in [6, 6.07) is 0. The van der Waals surface area contributed by atoms with Crippen molar-refractivity contribution in [2.45, 2.75) is 25.8 Å². The molecule has 0 amide bonds. The average Bonchev–Trinajstić information content (AvgIpc) is 2.83. The number of fused-ring (bicyclic) bond motifs is 1. The van der Waals surface area contributed by atoms with Gasteiger partial charge in [0.25, 0.3) is 0 Å². The summed E-state index contributed by atoms with van der Waals surface area (Å²) in [7, 11) is 0. The van der Waals surface area contributed by atoms with Gasteiger partial charge in [-0.3, -0.25) is 0 Å². The Morgan fingerprint density at radius 1 is 1.20 bits per heavy atom. The minimum absolute atomic E-state index is 0.260. The van der Waals surface area contributed by atoms with Crippen molar-refractivity contribution < 1.29 is 4.63 Å². The summed E-state index contributed by atoms with van der Waals surface area (Å²) in [5.74, 6) is 1.90. The minimum Gasteiger partial charge on any atom is -0.379 e. The fourth-order valence-corrected chi connectivity index (χ4v) is 1.83. The third kappa shape index (κ3) is 1.19. The first kappa shape index (κ1) is 8.39. The van der Waals surface area contributed by atoms with Gasteiger partial charge in [0.05, 0.1) is 0 Å². The molecule has 78 valence electrons. The number of nitrogens with two attached hydrogens (primary N) is 1. The van der Waals surface area contributed by atoms with Gasteiger partial charge in [0.15, 0.2) is 17.3 Å². The lowest BCUT2D eigenvalue weighted by molar-refractivity contribution is 0.310. The maximum absolute atomic E-state index is 5.62. The van der Waals surface area contributed by atoms with Crippen molar-refractivity contribution in [1.82, 2.24) is 25.1 Å². The first-order valence-electron chi connectivity index (χ1n) is 4.87. The van der Waals surface area contributed by atoms with Crippen LogP contribution in [0.3, 0.4) is 0 Å². The van der Waals surface area contributed by atoms with Crippen molar-refractivity contribution in [2.24, 2.45) is 0 Å². The predicted octanol–water partition coefficient (Wildman–Crippen LogP) is 0.247. The Kier molecular flexibility index (Phi) is 1.70. The van der Waals surface area contributed by atoms with E-state index in [1.807, 2.05) is 4.57 Å². The van der Waals surface area contributed by atoms with Crippen LogP contribution in [0.15, 0.2) is 4.63 Å². The molecule has 2 N–H and O–H groups in total. The number of hydrogen-bond donors (Lipinski definition) is 1. The van der Waals surface area contributed by atoms with E-state index in [2.05, 4.69) is 25.1 Å². The van der Waals surface area contributed by atoms with Gasteiger partial charge in [-0.2, -0.15) is 0 Å². The van der Waals surface area contributed by atoms with Crippen LogP contribution in [0.25, 0.3) is 11.5 Å². The molecule has 0 radical (unpaired) electrons. The van der Waals surface area contributed by atoms with Crippen LogP contribution in [0.4, 0.5) is 5.82 Å². The van der Waals surface area contributed by atoms with Gasteiger partial charge >= 0.3 is 0 Å². The van der Waals surface area contributed by atoms with Crippen molar-refractivity contribution >= 4 is 5.82 Å². The third-order valence-corrected chi connectivity index (χ3v) is 2.59. The molecule has 7 nitrogen and oxygen atoms in total. The number of hydrogen-bond acceptors (Lipinski definition) is 6. The smallest absolute Gasteiger partial charge is 0.199 e. The van der Waals surface area contributed by atoms with Gasteiger partial charge in [-0.25, -0.2) is 4.63 Å². The summed E-state index contributed by atoms with van der Waals surface area (Å²) in [5, 5.41) is 15.4. The van der Waals surface area contributed by atoms with Crippen LogP contribution in [-0.4, -0.2) is 25.1 Å². The molecule has 7 heteroatoms. The van der Waals surface area contributed by atoms with Crippen LogP contribution in [0.2, 0.25) is 0 Å². The van der Waals surface area contributed by atoms with E-state index in [0.29, 0.717) is 11.5 Å². The quantitative estimate of drug-likeness (QED) is 0.718. The third-order valence-electron chi connectivity index (χ3n) is 2.59. The van der Waals surface area contributed by atoms with E-state index in [4.69, 9.17) is 5.73 Å². The van der Waals surface area contributed by atoms with Gasteiger partial charge in [0.2, 0.25) is 0 Å². The first-order valence-corrected chi connectivity index (χ1v) is 4.87. The number of aryl methyl sites for hydroxylation is 1. The van der Waals surface area contributed by atoms with Crippen molar-refractivity contribution in [3.8, 4) is 11.5 Å². The average molecular weight is 206 g/mol. The van der Waals surface area contributed by atoms with E-state index >= 15 is 0 Å². The van der Waals surface area contributed by atoms with E-state index in [1.54, 1.807) is 0 Å². The lowest BCUT2D eigenvalue weighted by atomic mass is 10.1. The SMILES string of the molecule is Nc1nonc1-c1nnc2n1CCCC2. The van der Waals surface area contributed by atoms with Crippen molar-refractivity contribution in [2.75, 3.05) is 5.73 Å². The maximum atomic E-state index is 5.62. The number of rotatable bonds is 1. The predicted molar refractivity (Wildman–Crippen MR) is 50.7 cm³/mol. The number of nitrogen functional groups attached to an aromatic ring is 1. The standard InChI is InChI=1S/C8H10N6O/c9-7-6(12-15-13-7)8-11-10-5-3-1-2-4-14(5)8/h1-4H2,(H2,9,13). The molecule has 0 saturated heterocycles. The Bertz CT molecular complexity index is 487. The molecule has 1 aliphatic heterocycles. The van der Waals surface area contributed by atoms with Crippen LogP contribution in [0, 0.1) is 0 Å². The highest BCUT2D eigenvalue weighted by Gasteiger charge is 2.21. The molecule has 0 unspecified atom stereocenters. The van der Waals surface area contributed by atoms with Gasteiger partial charge in [0.1, 0.15) is 5.82 Å².